The Morgan fingerprint density at radius 3 is 2.70 bits per heavy atom. The van der Waals surface area contributed by atoms with Gasteiger partial charge in [0.1, 0.15) is 5.82 Å². The number of aryl methyl sites for hydroxylation is 2. The second-order valence-electron chi connectivity index (χ2n) is 4.58. The number of hydrogen-bond donors (Lipinski definition) is 1. The molecule has 0 radical (unpaired) electrons. The zero-order valence-electron chi connectivity index (χ0n) is 11.3. The summed E-state index contributed by atoms with van der Waals surface area (Å²) in [5.74, 6) is 0.516. The molecule has 0 aliphatic carbocycles. The SMILES string of the molecule is Cc1ccnc(NC(=O)CCc2ccc(C#N)cc2)c1. The first-order valence-electron chi connectivity index (χ1n) is 6.39. The van der Waals surface area contributed by atoms with Crippen LogP contribution in [0.4, 0.5) is 5.82 Å². The van der Waals surface area contributed by atoms with Gasteiger partial charge in [0.05, 0.1) is 11.6 Å². The Bertz CT molecular complexity index is 642. The molecule has 0 fully saturated rings. The molecule has 1 amide bonds. The number of pyridine rings is 1. The fourth-order valence-corrected chi connectivity index (χ4v) is 1.81. The van der Waals surface area contributed by atoms with Crippen LogP contribution in [-0.4, -0.2) is 10.9 Å². The largest absolute Gasteiger partial charge is 0.311 e. The molecular weight excluding hydrogens is 250 g/mol. The van der Waals surface area contributed by atoms with E-state index in [1.54, 1.807) is 18.3 Å². The molecule has 1 aromatic carbocycles. The summed E-state index contributed by atoms with van der Waals surface area (Å²) in [6.07, 6.45) is 2.70. The quantitative estimate of drug-likeness (QED) is 0.924. The molecule has 1 heterocycles. The number of carbonyl (C=O) groups is 1. The van der Waals surface area contributed by atoms with Gasteiger partial charge in [-0.2, -0.15) is 5.26 Å². The summed E-state index contributed by atoms with van der Waals surface area (Å²) in [4.78, 5) is 15.9. The number of aromatic nitrogens is 1. The molecule has 0 saturated heterocycles. The number of hydrogen-bond acceptors (Lipinski definition) is 3. The van der Waals surface area contributed by atoms with Crippen LogP contribution in [0.5, 0.6) is 0 Å². The van der Waals surface area contributed by atoms with Crippen LogP contribution in [0.25, 0.3) is 0 Å². The first-order valence-corrected chi connectivity index (χ1v) is 6.39. The highest BCUT2D eigenvalue weighted by Crippen LogP contribution is 2.09. The molecule has 0 unspecified atom stereocenters. The van der Waals surface area contributed by atoms with Crippen molar-refractivity contribution in [3.63, 3.8) is 0 Å². The van der Waals surface area contributed by atoms with E-state index in [1.807, 2.05) is 31.2 Å². The molecule has 0 saturated carbocycles. The van der Waals surface area contributed by atoms with Crippen LogP contribution in [0.2, 0.25) is 0 Å². The maximum Gasteiger partial charge on any atom is 0.225 e. The van der Waals surface area contributed by atoms with Crippen molar-refractivity contribution in [2.75, 3.05) is 5.32 Å². The molecule has 4 heteroatoms. The van der Waals surface area contributed by atoms with Gasteiger partial charge >= 0.3 is 0 Å². The molecule has 0 aliphatic rings. The van der Waals surface area contributed by atoms with Crippen LogP contribution in [0, 0.1) is 18.3 Å². The minimum Gasteiger partial charge on any atom is -0.311 e. The summed E-state index contributed by atoms with van der Waals surface area (Å²) in [5, 5.41) is 11.5. The summed E-state index contributed by atoms with van der Waals surface area (Å²) in [7, 11) is 0. The smallest absolute Gasteiger partial charge is 0.225 e. The molecule has 1 N–H and O–H groups in total. The number of nitrogens with zero attached hydrogens (tertiary/aromatic N) is 2. The second kappa shape index (κ2) is 6.48. The first-order chi connectivity index (χ1) is 9.67. The van der Waals surface area contributed by atoms with Crippen LogP contribution in [0.1, 0.15) is 23.1 Å². The van der Waals surface area contributed by atoms with E-state index < -0.39 is 0 Å². The van der Waals surface area contributed by atoms with Gasteiger partial charge in [-0.1, -0.05) is 12.1 Å². The van der Waals surface area contributed by atoms with E-state index in [4.69, 9.17) is 5.26 Å². The zero-order chi connectivity index (χ0) is 14.4. The molecule has 0 aliphatic heterocycles. The lowest BCUT2D eigenvalue weighted by molar-refractivity contribution is -0.116. The summed E-state index contributed by atoms with van der Waals surface area (Å²) < 4.78 is 0. The standard InChI is InChI=1S/C16H15N3O/c1-12-8-9-18-15(10-12)19-16(20)7-6-13-2-4-14(11-17)5-3-13/h2-5,8-10H,6-7H2,1H3,(H,18,19,20). The summed E-state index contributed by atoms with van der Waals surface area (Å²) in [6.45, 7) is 1.95. The minimum absolute atomic E-state index is 0.0625. The lowest BCUT2D eigenvalue weighted by Crippen LogP contribution is -2.13. The molecule has 4 nitrogen and oxygen atoms in total. The van der Waals surface area contributed by atoms with Crippen molar-refractivity contribution in [3.05, 3.63) is 59.3 Å². The van der Waals surface area contributed by atoms with Crippen molar-refractivity contribution in [2.45, 2.75) is 19.8 Å². The molecular formula is C16H15N3O. The fourth-order valence-electron chi connectivity index (χ4n) is 1.81. The molecule has 1 aromatic heterocycles. The van der Waals surface area contributed by atoms with Crippen molar-refractivity contribution in [3.8, 4) is 6.07 Å². The average Bonchev–Trinajstić information content (AvgIpc) is 2.46. The van der Waals surface area contributed by atoms with Crippen molar-refractivity contribution in [1.82, 2.24) is 4.98 Å². The second-order valence-corrected chi connectivity index (χ2v) is 4.58. The Hall–Kier alpha value is -2.67. The van der Waals surface area contributed by atoms with E-state index in [-0.39, 0.29) is 5.91 Å². The first kappa shape index (κ1) is 13.8. The Morgan fingerprint density at radius 2 is 2.05 bits per heavy atom. The molecule has 2 aromatic rings. The highest BCUT2D eigenvalue weighted by Gasteiger charge is 2.04. The topological polar surface area (TPSA) is 65.8 Å². The Labute approximate surface area is 118 Å². The van der Waals surface area contributed by atoms with Gasteiger partial charge in [-0.3, -0.25) is 4.79 Å². The number of anilines is 1. The van der Waals surface area contributed by atoms with Crippen LogP contribution in [0.3, 0.4) is 0 Å². The third-order valence-corrected chi connectivity index (χ3v) is 2.91. The maximum atomic E-state index is 11.8. The fraction of sp³-hybridized carbons (Fsp3) is 0.188. The molecule has 0 atom stereocenters. The van der Waals surface area contributed by atoms with Crippen LogP contribution >= 0.6 is 0 Å². The van der Waals surface area contributed by atoms with Gasteiger partial charge in [0.25, 0.3) is 0 Å². The van der Waals surface area contributed by atoms with Crippen molar-refractivity contribution < 1.29 is 4.79 Å². The highest BCUT2D eigenvalue weighted by atomic mass is 16.1. The zero-order valence-corrected chi connectivity index (χ0v) is 11.3. The predicted octanol–water partition coefficient (Wildman–Crippen LogP) is 2.83. The number of rotatable bonds is 4. The number of benzene rings is 1. The summed E-state index contributed by atoms with van der Waals surface area (Å²) >= 11 is 0. The lowest BCUT2D eigenvalue weighted by Gasteiger charge is -2.05. The third-order valence-electron chi connectivity index (χ3n) is 2.91. The van der Waals surface area contributed by atoms with Crippen LogP contribution < -0.4 is 5.32 Å². The van der Waals surface area contributed by atoms with E-state index in [0.717, 1.165) is 11.1 Å². The van der Waals surface area contributed by atoms with E-state index >= 15 is 0 Å². The third kappa shape index (κ3) is 3.92. The van der Waals surface area contributed by atoms with Gasteiger partial charge < -0.3 is 5.32 Å². The van der Waals surface area contributed by atoms with E-state index in [9.17, 15) is 4.79 Å². The van der Waals surface area contributed by atoms with E-state index in [2.05, 4.69) is 16.4 Å². The summed E-state index contributed by atoms with van der Waals surface area (Å²) in [6, 6.07) is 13.0. The monoisotopic (exact) mass is 265 g/mol. The molecule has 100 valence electrons. The number of amides is 1. The molecule has 0 bridgehead atoms. The molecule has 0 spiro atoms. The van der Waals surface area contributed by atoms with Gasteiger partial charge in [-0.15, -0.1) is 0 Å². The average molecular weight is 265 g/mol. The van der Waals surface area contributed by atoms with Gasteiger partial charge in [-0.25, -0.2) is 4.98 Å². The Balaban J connectivity index is 1.87. The van der Waals surface area contributed by atoms with Gasteiger partial charge in [0.15, 0.2) is 0 Å². The number of nitrogens with one attached hydrogen (secondary N) is 1. The van der Waals surface area contributed by atoms with Crippen molar-refractivity contribution >= 4 is 11.7 Å². The number of nitriles is 1. The molecule has 20 heavy (non-hydrogen) atoms. The van der Waals surface area contributed by atoms with Crippen molar-refractivity contribution in [1.29, 1.82) is 5.26 Å². The summed E-state index contributed by atoms with van der Waals surface area (Å²) in [5.41, 5.74) is 2.72. The Morgan fingerprint density at radius 1 is 1.30 bits per heavy atom. The number of carbonyl (C=O) groups excluding carboxylic acids is 1. The van der Waals surface area contributed by atoms with Gasteiger partial charge in [0.2, 0.25) is 5.91 Å². The van der Waals surface area contributed by atoms with Crippen molar-refractivity contribution in [2.24, 2.45) is 0 Å². The van der Waals surface area contributed by atoms with Crippen LogP contribution in [0.15, 0.2) is 42.6 Å². The van der Waals surface area contributed by atoms with E-state index in [1.165, 1.54) is 0 Å². The van der Waals surface area contributed by atoms with Gasteiger partial charge in [0, 0.05) is 12.6 Å². The Kier molecular flexibility index (Phi) is 4.46. The maximum absolute atomic E-state index is 11.8. The minimum atomic E-state index is -0.0625. The lowest BCUT2D eigenvalue weighted by atomic mass is 10.1. The van der Waals surface area contributed by atoms with Crippen LogP contribution in [-0.2, 0) is 11.2 Å². The normalized spacial score (nSPS) is 9.80. The predicted molar refractivity (Wildman–Crippen MR) is 77.1 cm³/mol. The molecule has 2 rings (SSSR count). The highest BCUT2D eigenvalue weighted by molar-refractivity contribution is 5.89. The van der Waals surface area contributed by atoms with E-state index in [0.29, 0.717) is 24.2 Å². The van der Waals surface area contributed by atoms with Gasteiger partial charge in [-0.05, 0) is 48.7 Å².